The van der Waals surface area contributed by atoms with Crippen molar-refractivity contribution >= 4 is 54.0 Å². The molecule has 0 bridgehead atoms. The van der Waals surface area contributed by atoms with Gasteiger partial charge in [0, 0.05) is 0 Å². The van der Waals surface area contributed by atoms with E-state index in [0.717, 1.165) is 0 Å². The monoisotopic (exact) mass is 232 g/mol. The van der Waals surface area contributed by atoms with E-state index in [9.17, 15) is 0 Å². The Morgan fingerprint density at radius 2 is 0.600 bits per heavy atom. The molecule has 0 atom stereocenters. The van der Waals surface area contributed by atoms with Gasteiger partial charge in [-0.15, -0.1) is 0 Å². The first-order valence-electron chi connectivity index (χ1n) is 0. The van der Waals surface area contributed by atoms with Crippen molar-refractivity contribution in [2.24, 2.45) is 0 Å². The van der Waals surface area contributed by atoms with Crippen molar-refractivity contribution in [3.8, 4) is 0 Å². The molecule has 5 heteroatoms. The standard InChI is InChI=1S/Mo.4H2S/h;4*1H2/q+2;;;;/p-2. The molecule has 0 saturated heterocycles. The van der Waals surface area contributed by atoms with Crippen LogP contribution in [0.1, 0.15) is 0 Å². The van der Waals surface area contributed by atoms with Gasteiger partial charge in [-0.05, 0) is 0 Å². The summed E-state index contributed by atoms with van der Waals surface area (Å²) in [4.78, 5) is 0. The van der Waals surface area contributed by atoms with Crippen molar-refractivity contribution in [3.63, 3.8) is 0 Å². The zero-order valence-corrected chi connectivity index (χ0v) is 8.10. The van der Waals surface area contributed by atoms with Crippen molar-refractivity contribution in [1.29, 1.82) is 0 Å². The molecule has 0 aromatic carbocycles. The average molecular weight is 230 g/mol. The molecule has 0 aliphatic heterocycles. The third-order valence-corrected chi connectivity index (χ3v) is 0. The molecule has 0 radical (unpaired) electrons. The Bertz CT molecular complexity index is 3.61. The largest absolute Gasteiger partial charge is 2.00 e. The summed E-state index contributed by atoms with van der Waals surface area (Å²) in [5.74, 6) is 0. The Hall–Kier alpha value is 2.09. The Morgan fingerprint density at radius 1 is 0.600 bits per heavy atom. The van der Waals surface area contributed by atoms with E-state index in [1.165, 1.54) is 0 Å². The Kier molecular flexibility index (Phi) is 436. The Balaban J connectivity index is 0. The molecule has 36 valence electrons. The molecule has 0 aromatic heterocycles. The summed E-state index contributed by atoms with van der Waals surface area (Å²) < 4.78 is 0. The molecule has 0 nitrogen and oxygen atoms in total. The first-order valence-corrected chi connectivity index (χ1v) is 0. The van der Waals surface area contributed by atoms with Crippen LogP contribution in [0.5, 0.6) is 0 Å². The molecule has 0 N–H and O–H groups in total. The summed E-state index contributed by atoms with van der Waals surface area (Å²) in [6.45, 7) is 0. The second-order valence-electron chi connectivity index (χ2n) is 0. The van der Waals surface area contributed by atoms with Gasteiger partial charge in [-0.25, -0.2) is 0 Å². The fourth-order valence-corrected chi connectivity index (χ4v) is 0. The smallest absolute Gasteiger partial charge is 0.813 e. The summed E-state index contributed by atoms with van der Waals surface area (Å²) in [6, 6.07) is 0. The van der Waals surface area contributed by atoms with Crippen LogP contribution in [-0.4, -0.2) is 0 Å². The fourth-order valence-electron chi connectivity index (χ4n) is 0. The van der Waals surface area contributed by atoms with Gasteiger partial charge in [-0.2, -0.15) is 27.0 Å². The first kappa shape index (κ1) is 60.2. The van der Waals surface area contributed by atoms with Crippen molar-refractivity contribution in [3.05, 3.63) is 0 Å². The molecule has 0 aromatic rings. The summed E-state index contributed by atoms with van der Waals surface area (Å²) in [7, 11) is 0. The van der Waals surface area contributed by atoms with Crippen molar-refractivity contribution < 1.29 is 21.1 Å². The van der Waals surface area contributed by atoms with E-state index < -0.39 is 0 Å². The van der Waals surface area contributed by atoms with Crippen LogP contribution < -0.4 is 0 Å². The first-order chi connectivity index (χ1) is 0. The maximum Gasteiger partial charge on any atom is 2.00 e. The average Bonchev–Trinajstić information content (AvgIpc) is 0. The molecule has 0 unspecified atom stereocenters. The van der Waals surface area contributed by atoms with Crippen LogP contribution in [0.15, 0.2) is 0 Å². The van der Waals surface area contributed by atoms with Gasteiger partial charge in [0.05, 0.1) is 0 Å². The van der Waals surface area contributed by atoms with Crippen LogP contribution in [0, 0.1) is 0 Å². The van der Waals surface area contributed by atoms with E-state index in [2.05, 4.69) is 0 Å². The minimum atomic E-state index is 0. The number of hydrogen-bond acceptors (Lipinski definition) is 2. The van der Waals surface area contributed by atoms with Crippen LogP contribution in [-0.2, 0) is 48.1 Å². The minimum absolute atomic E-state index is 0. The molecule has 0 heterocycles. The van der Waals surface area contributed by atoms with Gasteiger partial charge in [0.2, 0.25) is 0 Å². The van der Waals surface area contributed by atoms with Crippen LogP contribution in [0.25, 0.3) is 0 Å². The SMILES string of the molecule is S.S.[Mo+2].[SH-].[SH-]. The Labute approximate surface area is 74.5 Å². The van der Waals surface area contributed by atoms with Gasteiger partial charge in [0.1, 0.15) is 0 Å². The maximum absolute atomic E-state index is 0. The number of rotatable bonds is 0. The van der Waals surface area contributed by atoms with Gasteiger partial charge in [-0.3, -0.25) is 0 Å². The third-order valence-electron chi connectivity index (χ3n) is 0. The molecule has 0 spiro atoms. The second kappa shape index (κ2) is 36.1. The molecule has 5 heavy (non-hydrogen) atoms. The van der Waals surface area contributed by atoms with Gasteiger partial charge in [0.15, 0.2) is 0 Å². The third kappa shape index (κ3) is 23.3. The number of thiol groups is 2. The summed E-state index contributed by atoms with van der Waals surface area (Å²) in [6.07, 6.45) is 0. The van der Waals surface area contributed by atoms with E-state index in [4.69, 9.17) is 0 Å². The van der Waals surface area contributed by atoms with Crippen molar-refractivity contribution in [2.75, 3.05) is 0 Å². The van der Waals surface area contributed by atoms with Gasteiger partial charge < -0.3 is 27.0 Å². The quantitative estimate of drug-likeness (QED) is 0.318. The van der Waals surface area contributed by atoms with Crippen LogP contribution in [0.2, 0.25) is 0 Å². The second-order valence-corrected chi connectivity index (χ2v) is 0. The van der Waals surface area contributed by atoms with Crippen LogP contribution in [0.3, 0.4) is 0 Å². The molecule has 0 saturated carbocycles. The molecule has 0 aliphatic rings. The van der Waals surface area contributed by atoms with Gasteiger partial charge in [0.25, 0.3) is 0 Å². The zero-order chi connectivity index (χ0) is 0. The molecule has 0 aliphatic carbocycles. The van der Waals surface area contributed by atoms with E-state index in [1.54, 1.807) is 0 Å². The maximum atomic E-state index is 0. The van der Waals surface area contributed by atoms with Gasteiger partial charge >= 0.3 is 21.1 Å². The van der Waals surface area contributed by atoms with Crippen LogP contribution in [0.4, 0.5) is 0 Å². The molecule has 0 fully saturated rings. The topological polar surface area (TPSA) is 0 Å². The predicted octanol–water partition coefficient (Wildman–Crippen LogP) is -0.317. The van der Waals surface area contributed by atoms with Crippen molar-refractivity contribution in [2.45, 2.75) is 0 Å². The normalized spacial score (nSPS) is 0. The fraction of sp³-hybridized carbons (Fsp3) is 0. The zero-order valence-electron chi connectivity index (χ0n) is 2.30. The summed E-state index contributed by atoms with van der Waals surface area (Å²) in [5, 5.41) is 0. The molecule has 0 rings (SSSR count). The Morgan fingerprint density at radius 3 is 0.600 bits per heavy atom. The van der Waals surface area contributed by atoms with E-state index in [-0.39, 0.29) is 75.0 Å². The number of hydrogen-bond donors (Lipinski definition) is 0. The molecule has 0 amide bonds. The van der Waals surface area contributed by atoms with Crippen molar-refractivity contribution in [1.82, 2.24) is 0 Å². The molecular weight excluding hydrogens is 224 g/mol. The van der Waals surface area contributed by atoms with E-state index >= 15 is 0 Å². The van der Waals surface area contributed by atoms with Crippen LogP contribution >= 0.6 is 27.0 Å². The summed E-state index contributed by atoms with van der Waals surface area (Å²) in [5.41, 5.74) is 0. The van der Waals surface area contributed by atoms with E-state index in [1.807, 2.05) is 0 Å². The molecular formula is H6MoS4. The summed E-state index contributed by atoms with van der Waals surface area (Å²) >= 11 is 0. The predicted molar refractivity (Wildman–Crippen MR) is 38.3 cm³/mol. The van der Waals surface area contributed by atoms with Gasteiger partial charge in [-0.1, -0.05) is 0 Å². The van der Waals surface area contributed by atoms with E-state index in [0.29, 0.717) is 0 Å². The minimum Gasteiger partial charge on any atom is -0.813 e.